The fourth-order valence-electron chi connectivity index (χ4n) is 2.31. The summed E-state index contributed by atoms with van der Waals surface area (Å²) < 4.78 is 14.8. The maximum atomic E-state index is 13.3. The number of aromatic nitrogens is 1. The smallest absolute Gasteiger partial charge is 0.352 e. The molecule has 19 heavy (non-hydrogen) atoms. The summed E-state index contributed by atoms with van der Waals surface area (Å²) in [6.07, 6.45) is 0. The number of rotatable bonds is 2. The molecule has 0 fully saturated rings. The molecular formula is C14H14FNO3. The van der Waals surface area contributed by atoms with Crippen LogP contribution in [-0.4, -0.2) is 15.6 Å². The fraction of sp³-hybridized carbons (Fsp3) is 0.286. The van der Waals surface area contributed by atoms with Crippen LogP contribution in [0.4, 0.5) is 4.39 Å². The van der Waals surface area contributed by atoms with Crippen molar-refractivity contribution in [3.05, 3.63) is 45.5 Å². The number of hydrogen-bond donors (Lipinski definition) is 1. The topological polar surface area (TPSA) is 59.3 Å². The highest BCUT2D eigenvalue weighted by Gasteiger charge is 2.20. The molecule has 0 atom stereocenters. The molecule has 0 amide bonds. The second-order valence-electron chi connectivity index (χ2n) is 4.73. The van der Waals surface area contributed by atoms with Gasteiger partial charge in [-0.3, -0.25) is 4.79 Å². The van der Waals surface area contributed by atoms with Crippen LogP contribution in [-0.2, 0) is 0 Å². The molecule has 0 bridgehead atoms. The Labute approximate surface area is 109 Å². The van der Waals surface area contributed by atoms with E-state index in [0.717, 1.165) is 6.07 Å². The first-order chi connectivity index (χ1) is 8.84. The minimum absolute atomic E-state index is 0.0425. The summed E-state index contributed by atoms with van der Waals surface area (Å²) in [6.45, 7) is 5.09. The van der Waals surface area contributed by atoms with Crippen LogP contribution in [0.15, 0.2) is 23.0 Å². The second kappa shape index (κ2) is 4.50. The normalized spacial score (nSPS) is 11.2. The average Bonchev–Trinajstić information content (AvgIpc) is 2.32. The molecule has 1 N–H and O–H groups in total. The van der Waals surface area contributed by atoms with Crippen molar-refractivity contribution in [2.75, 3.05) is 0 Å². The molecule has 0 unspecified atom stereocenters. The number of fused-ring (bicyclic) bond motifs is 1. The zero-order valence-electron chi connectivity index (χ0n) is 10.9. The van der Waals surface area contributed by atoms with Crippen LogP contribution in [0, 0.1) is 12.7 Å². The first kappa shape index (κ1) is 13.3. The van der Waals surface area contributed by atoms with E-state index in [1.54, 1.807) is 4.57 Å². The summed E-state index contributed by atoms with van der Waals surface area (Å²) in [5.74, 6) is -1.67. The average molecular weight is 263 g/mol. The van der Waals surface area contributed by atoms with Crippen LogP contribution in [0.2, 0.25) is 0 Å². The van der Waals surface area contributed by atoms with E-state index in [1.165, 1.54) is 19.1 Å². The van der Waals surface area contributed by atoms with Gasteiger partial charge in [0.2, 0.25) is 0 Å². The molecular weight excluding hydrogens is 249 g/mol. The van der Waals surface area contributed by atoms with Gasteiger partial charge < -0.3 is 9.67 Å². The van der Waals surface area contributed by atoms with E-state index < -0.39 is 17.2 Å². The van der Waals surface area contributed by atoms with Gasteiger partial charge in [-0.15, -0.1) is 0 Å². The number of carboxylic acids is 1. The highest BCUT2D eigenvalue weighted by molar-refractivity contribution is 5.92. The third-order valence-corrected chi connectivity index (χ3v) is 3.12. The molecule has 0 aliphatic carbocycles. The first-order valence-electron chi connectivity index (χ1n) is 5.92. The van der Waals surface area contributed by atoms with E-state index >= 15 is 0 Å². The first-order valence-corrected chi connectivity index (χ1v) is 5.92. The Morgan fingerprint density at radius 2 is 2.00 bits per heavy atom. The van der Waals surface area contributed by atoms with Gasteiger partial charge in [0.15, 0.2) is 5.43 Å². The summed E-state index contributed by atoms with van der Waals surface area (Å²) in [5, 5.41) is 9.50. The lowest BCUT2D eigenvalue weighted by atomic mass is 10.1. The Morgan fingerprint density at radius 1 is 1.37 bits per heavy atom. The highest BCUT2D eigenvalue weighted by atomic mass is 19.1. The largest absolute Gasteiger partial charge is 0.477 e. The van der Waals surface area contributed by atoms with E-state index in [9.17, 15) is 19.1 Å². The summed E-state index contributed by atoms with van der Waals surface area (Å²) in [6, 6.07) is 3.66. The molecule has 1 heterocycles. The lowest BCUT2D eigenvalue weighted by molar-refractivity contribution is 0.0682. The van der Waals surface area contributed by atoms with Gasteiger partial charge >= 0.3 is 5.97 Å². The second-order valence-corrected chi connectivity index (χ2v) is 4.73. The molecule has 2 rings (SSSR count). The van der Waals surface area contributed by atoms with Gasteiger partial charge in [-0.05, 0) is 39.0 Å². The van der Waals surface area contributed by atoms with Crippen molar-refractivity contribution >= 4 is 16.9 Å². The van der Waals surface area contributed by atoms with Crippen molar-refractivity contribution in [1.82, 2.24) is 4.57 Å². The van der Waals surface area contributed by atoms with Gasteiger partial charge in [0.1, 0.15) is 11.5 Å². The zero-order chi connectivity index (χ0) is 14.3. The number of benzene rings is 1. The summed E-state index contributed by atoms with van der Waals surface area (Å²) in [5.41, 5.74) is 0.0756. The Kier molecular flexibility index (Phi) is 3.14. The van der Waals surface area contributed by atoms with Crippen molar-refractivity contribution in [3.63, 3.8) is 0 Å². The molecule has 1 aromatic heterocycles. The molecule has 2 aromatic rings. The van der Waals surface area contributed by atoms with Crippen LogP contribution >= 0.6 is 0 Å². The molecule has 0 saturated heterocycles. The highest BCUT2D eigenvalue weighted by Crippen LogP contribution is 2.21. The van der Waals surface area contributed by atoms with Gasteiger partial charge in [-0.2, -0.15) is 0 Å². The number of pyridine rings is 1. The standard InChI is InChI=1S/C14H14FNO3/c1-7(2)16-11-5-4-9(15)6-10(11)13(17)8(3)12(16)14(18)19/h4-7H,1-3H3,(H,18,19). The van der Waals surface area contributed by atoms with Crippen molar-refractivity contribution in [1.29, 1.82) is 0 Å². The summed E-state index contributed by atoms with van der Waals surface area (Å²) in [4.78, 5) is 23.5. The number of carbonyl (C=O) groups is 1. The number of nitrogens with zero attached hydrogens (tertiary/aromatic N) is 1. The maximum absolute atomic E-state index is 13.3. The lowest BCUT2D eigenvalue weighted by Gasteiger charge is -2.20. The summed E-state index contributed by atoms with van der Waals surface area (Å²) >= 11 is 0. The SMILES string of the molecule is Cc1c(C(=O)O)n(C(C)C)c2ccc(F)cc2c1=O. The van der Waals surface area contributed by atoms with Crippen LogP contribution in [0.1, 0.15) is 35.9 Å². The third-order valence-electron chi connectivity index (χ3n) is 3.12. The minimum atomic E-state index is -1.16. The molecule has 4 nitrogen and oxygen atoms in total. The number of carboxylic acid groups (broad SMARTS) is 1. The third kappa shape index (κ3) is 2.01. The minimum Gasteiger partial charge on any atom is -0.477 e. The van der Waals surface area contributed by atoms with E-state index in [0.29, 0.717) is 5.52 Å². The molecule has 0 aliphatic heterocycles. The summed E-state index contributed by atoms with van der Waals surface area (Å²) in [7, 11) is 0. The molecule has 0 spiro atoms. The van der Waals surface area contributed by atoms with Crippen molar-refractivity contribution < 1.29 is 14.3 Å². The van der Waals surface area contributed by atoms with E-state index in [-0.39, 0.29) is 22.7 Å². The maximum Gasteiger partial charge on any atom is 0.352 e. The Morgan fingerprint density at radius 3 is 2.53 bits per heavy atom. The predicted octanol–water partition coefficient (Wildman–Crippen LogP) is 2.73. The number of aromatic carboxylic acids is 1. The lowest BCUT2D eigenvalue weighted by Crippen LogP contribution is -2.23. The fourth-order valence-corrected chi connectivity index (χ4v) is 2.31. The Balaban J connectivity index is 3.09. The van der Waals surface area contributed by atoms with Crippen LogP contribution in [0.3, 0.4) is 0 Å². The zero-order valence-corrected chi connectivity index (χ0v) is 10.9. The Bertz CT molecular complexity index is 732. The molecule has 100 valence electrons. The molecule has 1 aromatic carbocycles. The van der Waals surface area contributed by atoms with Gasteiger partial charge in [-0.1, -0.05) is 0 Å². The molecule has 0 radical (unpaired) electrons. The number of hydrogen-bond acceptors (Lipinski definition) is 2. The van der Waals surface area contributed by atoms with Gasteiger partial charge in [0.25, 0.3) is 0 Å². The van der Waals surface area contributed by atoms with Gasteiger partial charge in [0, 0.05) is 17.0 Å². The van der Waals surface area contributed by atoms with E-state index in [2.05, 4.69) is 0 Å². The Hall–Kier alpha value is -2.17. The van der Waals surface area contributed by atoms with E-state index in [1.807, 2.05) is 13.8 Å². The predicted molar refractivity (Wildman–Crippen MR) is 70.2 cm³/mol. The molecule has 0 aliphatic rings. The van der Waals surface area contributed by atoms with Gasteiger partial charge in [-0.25, -0.2) is 9.18 Å². The van der Waals surface area contributed by atoms with Crippen molar-refractivity contribution in [2.45, 2.75) is 26.8 Å². The molecule has 0 saturated carbocycles. The van der Waals surface area contributed by atoms with Crippen molar-refractivity contribution in [2.24, 2.45) is 0 Å². The van der Waals surface area contributed by atoms with E-state index in [4.69, 9.17) is 0 Å². The van der Waals surface area contributed by atoms with Crippen molar-refractivity contribution in [3.8, 4) is 0 Å². The van der Waals surface area contributed by atoms with Crippen LogP contribution in [0.5, 0.6) is 0 Å². The van der Waals surface area contributed by atoms with Gasteiger partial charge in [0.05, 0.1) is 5.52 Å². The quantitative estimate of drug-likeness (QED) is 0.906. The van der Waals surface area contributed by atoms with Crippen LogP contribution in [0.25, 0.3) is 10.9 Å². The van der Waals surface area contributed by atoms with Crippen LogP contribution < -0.4 is 5.43 Å². The molecule has 5 heteroatoms. The monoisotopic (exact) mass is 263 g/mol. The number of halogens is 1.